The molecule has 0 spiro atoms. The fraction of sp³-hybridized carbons (Fsp3) is 0.364. The van der Waals surface area contributed by atoms with E-state index in [1.165, 1.54) is 0 Å². The summed E-state index contributed by atoms with van der Waals surface area (Å²) in [5, 5.41) is 5.82. The summed E-state index contributed by atoms with van der Waals surface area (Å²) in [6, 6.07) is 7.63. The standard InChI is InChI=1S/C11H16N2OS/c1-12-6-7-13-11(14)9-4-3-5-10(8-9)15-2/h3-5,8,12H,6-7H2,1-2H3,(H,13,14). The number of hydrogen-bond donors (Lipinski definition) is 2. The van der Waals surface area contributed by atoms with E-state index in [9.17, 15) is 4.79 Å². The molecule has 1 aromatic carbocycles. The van der Waals surface area contributed by atoms with Crippen molar-refractivity contribution in [2.75, 3.05) is 26.4 Å². The molecule has 0 fully saturated rings. The summed E-state index contributed by atoms with van der Waals surface area (Å²) in [6.07, 6.45) is 2.00. The Bertz CT molecular complexity index is 328. The number of rotatable bonds is 5. The summed E-state index contributed by atoms with van der Waals surface area (Å²) in [4.78, 5) is 12.7. The minimum Gasteiger partial charge on any atom is -0.351 e. The average Bonchev–Trinajstić information content (AvgIpc) is 2.29. The molecule has 0 heterocycles. The van der Waals surface area contributed by atoms with E-state index < -0.39 is 0 Å². The number of benzene rings is 1. The highest BCUT2D eigenvalue weighted by Crippen LogP contribution is 2.15. The zero-order valence-electron chi connectivity index (χ0n) is 9.04. The zero-order chi connectivity index (χ0) is 11.1. The molecule has 0 bridgehead atoms. The summed E-state index contributed by atoms with van der Waals surface area (Å²) in [5.41, 5.74) is 0.720. The van der Waals surface area contributed by atoms with E-state index in [4.69, 9.17) is 0 Å². The van der Waals surface area contributed by atoms with Crippen molar-refractivity contribution in [2.45, 2.75) is 4.90 Å². The number of likely N-dealkylation sites (N-methyl/N-ethyl adjacent to an activating group) is 1. The highest BCUT2D eigenvalue weighted by atomic mass is 32.2. The average molecular weight is 224 g/mol. The second-order valence-electron chi connectivity index (χ2n) is 3.09. The van der Waals surface area contributed by atoms with Crippen molar-refractivity contribution in [3.05, 3.63) is 29.8 Å². The number of hydrogen-bond acceptors (Lipinski definition) is 3. The fourth-order valence-electron chi connectivity index (χ4n) is 1.17. The van der Waals surface area contributed by atoms with Crippen LogP contribution in [0, 0.1) is 0 Å². The maximum Gasteiger partial charge on any atom is 0.251 e. The van der Waals surface area contributed by atoms with Gasteiger partial charge >= 0.3 is 0 Å². The zero-order valence-corrected chi connectivity index (χ0v) is 9.86. The molecule has 0 aliphatic carbocycles. The predicted octanol–water partition coefficient (Wildman–Crippen LogP) is 1.36. The van der Waals surface area contributed by atoms with Crippen LogP contribution in [0.1, 0.15) is 10.4 Å². The van der Waals surface area contributed by atoms with E-state index in [0.717, 1.165) is 17.0 Å². The van der Waals surface area contributed by atoms with E-state index >= 15 is 0 Å². The quantitative estimate of drug-likeness (QED) is 0.586. The first-order chi connectivity index (χ1) is 7.27. The molecule has 1 rings (SSSR count). The molecule has 3 nitrogen and oxygen atoms in total. The van der Waals surface area contributed by atoms with E-state index in [1.54, 1.807) is 11.8 Å². The fourth-order valence-corrected chi connectivity index (χ4v) is 1.63. The molecule has 0 aliphatic rings. The number of amides is 1. The van der Waals surface area contributed by atoms with Gasteiger partial charge in [-0.2, -0.15) is 0 Å². The molecular weight excluding hydrogens is 208 g/mol. The third kappa shape index (κ3) is 3.93. The first kappa shape index (κ1) is 12.1. The normalized spacial score (nSPS) is 10.0. The molecule has 0 aromatic heterocycles. The van der Waals surface area contributed by atoms with E-state index in [-0.39, 0.29) is 5.91 Å². The van der Waals surface area contributed by atoms with Crippen LogP contribution in [-0.2, 0) is 0 Å². The highest BCUT2D eigenvalue weighted by Gasteiger charge is 2.04. The molecule has 2 N–H and O–H groups in total. The first-order valence-corrected chi connectivity index (χ1v) is 6.07. The van der Waals surface area contributed by atoms with Gasteiger partial charge in [0.15, 0.2) is 0 Å². The Morgan fingerprint density at radius 3 is 2.87 bits per heavy atom. The molecule has 4 heteroatoms. The third-order valence-corrected chi connectivity index (χ3v) is 2.72. The lowest BCUT2D eigenvalue weighted by atomic mass is 10.2. The van der Waals surface area contributed by atoms with Gasteiger partial charge in [-0.3, -0.25) is 4.79 Å². The molecule has 0 aliphatic heterocycles. The van der Waals surface area contributed by atoms with E-state index in [1.807, 2.05) is 37.6 Å². The maximum absolute atomic E-state index is 11.6. The Hall–Kier alpha value is -1.00. The van der Waals surface area contributed by atoms with Crippen molar-refractivity contribution in [3.63, 3.8) is 0 Å². The number of nitrogens with one attached hydrogen (secondary N) is 2. The molecule has 0 saturated heterocycles. The highest BCUT2D eigenvalue weighted by molar-refractivity contribution is 7.98. The van der Waals surface area contributed by atoms with Gasteiger partial charge in [0.05, 0.1) is 0 Å². The molecule has 0 atom stereocenters. The number of carbonyl (C=O) groups is 1. The minimum absolute atomic E-state index is 0.0128. The minimum atomic E-state index is -0.0128. The number of carbonyl (C=O) groups excluding carboxylic acids is 1. The Balaban J connectivity index is 2.57. The van der Waals surface area contributed by atoms with Crippen molar-refractivity contribution in [2.24, 2.45) is 0 Å². The maximum atomic E-state index is 11.6. The Morgan fingerprint density at radius 1 is 1.40 bits per heavy atom. The van der Waals surface area contributed by atoms with Gasteiger partial charge < -0.3 is 10.6 Å². The van der Waals surface area contributed by atoms with Gasteiger partial charge in [-0.1, -0.05) is 6.07 Å². The van der Waals surface area contributed by atoms with Gasteiger partial charge in [0.2, 0.25) is 0 Å². The van der Waals surface area contributed by atoms with Crippen LogP contribution in [0.2, 0.25) is 0 Å². The summed E-state index contributed by atoms with van der Waals surface area (Å²) in [5.74, 6) is -0.0128. The van der Waals surface area contributed by atoms with Crippen LogP contribution in [0.5, 0.6) is 0 Å². The molecule has 0 saturated carbocycles. The molecule has 1 amide bonds. The molecule has 1 aromatic rings. The largest absolute Gasteiger partial charge is 0.351 e. The van der Waals surface area contributed by atoms with Gasteiger partial charge in [0.1, 0.15) is 0 Å². The lowest BCUT2D eigenvalue weighted by molar-refractivity contribution is 0.0954. The molecular formula is C11H16N2OS. The molecule has 15 heavy (non-hydrogen) atoms. The van der Waals surface area contributed by atoms with E-state index in [2.05, 4.69) is 10.6 Å². The van der Waals surface area contributed by atoms with Gasteiger partial charge in [-0.05, 0) is 31.5 Å². The predicted molar refractivity (Wildman–Crippen MR) is 64.5 cm³/mol. The van der Waals surface area contributed by atoms with Crippen molar-refractivity contribution in [3.8, 4) is 0 Å². The topological polar surface area (TPSA) is 41.1 Å². The van der Waals surface area contributed by atoms with Crippen molar-refractivity contribution in [1.82, 2.24) is 10.6 Å². The summed E-state index contributed by atoms with van der Waals surface area (Å²) in [6.45, 7) is 1.44. The van der Waals surface area contributed by atoms with Gasteiger partial charge in [0, 0.05) is 23.5 Å². The second-order valence-corrected chi connectivity index (χ2v) is 3.97. The van der Waals surface area contributed by atoms with Crippen molar-refractivity contribution >= 4 is 17.7 Å². The van der Waals surface area contributed by atoms with E-state index in [0.29, 0.717) is 6.54 Å². The van der Waals surface area contributed by atoms with Gasteiger partial charge in [-0.25, -0.2) is 0 Å². The van der Waals surface area contributed by atoms with Crippen LogP contribution in [0.15, 0.2) is 29.2 Å². The smallest absolute Gasteiger partial charge is 0.251 e. The number of thioether (sulfide) groups is 1. The van der Waals surface area contributed by atoms with Crippen LogP contribution >= 0.6 is 11.8 Å². The molecule has 0 radical (unpaired) electrons. The third-order valence-electron chi connectivity index (χ3n) is 1.99. The monoisotopic (exact) mass is 224 g/mol. The molecule has 82 valence electrons. The first-order valence-electron chi connectivity index (χ1n) is 4.84. The Kier molecular flexibility index (Phi) is 5.21. The summed E-state index contributed by atoms with van der Waals surface area (Å²) < 4.78 is 0. The lowest BCUT2D eigenvalue weighted by Crippen LogP contribution is -2.30. The van der Waals surface area contributed by atoms with Crippen LogP contribution < -0.4 is 10.6 Å². The van der Waals surface area contributed by atoms with Crippen molar-refractivity contribution in [1.29, 1.82) is 0 Å². The SMILES string of the molecule is CNCCNC(=O)c1cccc(SC)c1. The van der Waals surface area contributed by atoms with Crippen LogP contribution in [0.4, 0.5) is 0 Å². The van der Waals surface area contributed by atoms with Gasteiger partial charge in [0.25, 0.3) is 5.91 Å². The summed E-state index contributed by atoms with van der Waals surface area (Å²) in [7, 11) is 1.86. The van der Waals surface area contributed by atoms with Crippen LogP contribution in [0.25, 0.3) is 0 Å². The lowest BCUT2D eigenvalue weighted by Gasteiger charge is -2.05. The Morgan fingerprint density at radius 2 is 2.20 bits per heavy atom. The Labute approximate surface area is 94.6 Å². The van der Waals surface area contributed by atoms with Crippen molar-refractivity contribution < 1.29 is 4.79 Å². The molecule has 0 unspecified atom stereocenters. The van der Waals surface area contributed by atoms with Crippen LogP contribution in [-0.4, -0.2) is 32.3 Å². The van der Waals surface area contributed by atoms with Crippen LogP contribution in [0.3, 0.4) is 0 Å². The summed E-state index contributed by atoms with van der Waals surface area (Å²) >= 11 is 1.64. The second kappa shape index (κ2) is 6.48. The van der Waals surface area contributed by atoms with Gasteiger partial charge in [-0.15, -0.1) is 11.8 Å².